The fraction of sp³-hybridized carbons (Fsp3) is 0.286. The van der Waals surface area contributed by atoms with E-state index in [0.717, 1.165) is 18.5 Å². The molecule has 3 aromatic rings. The SMILES string of the molecule is Cn1ncc2c(-n3ccc(C4CC4)n3)c(C(=O)O)cnc21. The summed E-state index contributed by atoms with van der Waals surface area (Å²) in [5.74, 6) is -0.502. The summed E-state index contributed by atoms with van der Waals surface area (Å²) in [5.41, 5.74) is 2.30. The Morgan fingerprint density at radius 3 is 2.90 bits per heavy atom. The van der Waals surface area contributed by atoms with Crippen LogP contribution in [-0.2, 0) is 7.05 Å². The smallest absolute Gasteiger partial charge is 0.339 e. The summed E-state index contributed by atoms with van der Waals surface area (Å²) >= 11 is 0. The van der Waals surface area contributed by atoms with Crippen molar-refractivity contribution in [3.05, 3.63) is 35.9 Å². The first-order chi connectivity index (χ1) is 10.1. The molecular weight excluding hydrogens is 270 g/mol. The predicted molar refractivity (Wildman–Crippen MR) is 74.6 cm³/mol. The van der Waals surface area contributed by atoms with Crippen molar-refractivity contribution in [3.63, 3.8) is 0 Å². The summed E-state index contributed by atoms with van der Waals surface area (Å²) in [6, 6.07) is 1.95. The largest absolute Gasteiger partial charge is 0.478 e. The molecule has 1 saturated carbocycles. The van der Waals surface area contributed by atoms with Gasteiger partial charge in [-0.1, -0.05) is 0 Å². The minimum Gasteiger partial charge on any atom is -0.478 e. The van der Waals surface area contributed by atoms with Gasteiger partial charge >= 0.3 is 5.97 Å². The third-order valence-electron chi connectivity index (χ3n) is 3.80. The topological polar surface area (TPSA) is 85.8 Å². The fourth-order valence-electron chi connectivity index (χ4n) is 2.55. The normalized spacial score (nSPS) is 14.7. The zero-order chi connectivity index (χ0) is 14.6. The van der Waals surface area contributed by atoms with Gasteiger partial charge in [0, 0.05) is 25.4 Å². The van der Waals surface area contributed by atoms with Crippen LogP contribution in [0.1, 0.15) is 34.8 Å². The summed E-state index contributed by atoms with van der Waals surface area (Å²) in [4.78, 5) is 15.7. The minimum absolute atomic E-state index is 0.126. The van der Waals surface area contributed by atoms with E-state index < -0.39 is 5.97 Å². The Balaban J connectivity index is 1.98. The number of nitrogens with zero attached hydrogens (tertiary/aromatic N) is 5. The number of carboxylic acids is 1. The van der Waals surface area contributed by atoms with Gasteiger partial charge in [0.1, 0.15) is 5.56 Å². The van der Waals surface area contributed by atoms with Gasteiger partial charge in [0.05, 0.1) is 23.0 Å². The number of pyridine rings is 1. The molecule has 7 nitrogen and oxygen atoms in total. The van der Waals surface area contributed by atoms with Crippen molar-refractivity contribution in [3.8, 4) is 5.69 Å². The Hall–Kier alpha value is -2.70. The molecule has 3 heterocycles. The number of aromatic carboxylic acids is 1. The summed E-state index contributed by atoms with van der Waals surface area (Å²) in [7, 11) is 1.78. The lowest BCUT2D eigenvalue weighted by molar-refractivity contribution is 0.0696. The van der Waals surface area contributed by atoms with Gasteiger partial charge in [0.2, 0.25) is 0 Å². The van der Waals surface area contributed by atoms with E-state index in [0.29, 0.717) is 22.6 Å². The Labute approximate surface area is 119 Å². The number of aromatic nitrogens is 5. The molecule has 0 unspecified atom stereocenters. The van der Waals surface area contributed by atoms with Gasteiger partial charge in [-0.3, -0.25) is 4.68 Å². The number of carboxylic acid groups (broad SMARTS) is 1. The van der Waals surface area contributed by atoms with Crippen LogP contribution in [0.3, 0.4) is 0 Å². The summed E-state index contributed by atoms with van der Waals surface area (Å²) in [6.45, 7) is 0. The number of fused-ring (bicyclic) bond motifs is 1. The zero-order valence-electron chi connectivity index (χ0n) is 11.4. The molecule has 0 atom stereocenters. The zero-order valence-corrected chi connectivity index (χ0v) is 11.4. The van der Waals surface area contributed by atoms with Crippen molar-refractivity contribution in [1.29, 1.82) is 0 Å². The Morgan fingerprint density at radius 2 is 2.19 bits per heavy atom. The highest BCUT2D eigenvalue weighted by Gasteiger charge is 2.27. The van der Waals surface area contributed by atoms with E-state index in [4.69, 9.17) is 0 Å². The van der Waals surface area contributed by atoms with Crippen LogP contribution < -0.4 is 0 Å². The van der Waals surface area contributed by atoms with Crippen LogP contribution in [0.4, 0.5) is 0 Å². The second kappa shape index (κ2) is 4.15. The van der Waals surface area contributed by atoms with Gasteiger partial charge in [0.15, 0.2) is 5.65 Å². The summed E-state index contributed by atoms with van der Waals surface area (Å²) < 4.78 is 3.25. The Bertz CT molecular complexity index is 860. The van der Waals surface area contributed by atoms with Crippen molar-refractivity contribution in [2.24, 2.45) is 7.05 Å². The number of hydrogen-bond donors (Lipinski definition) is 1. The van der Waals surface area contributed by atoms with Gasteiger partial charge in [0.25, 0.3) is 0 Å². The molecule has 0 saturated heterocycles. The maximum atomic E-state index is 11.5. The second-order valence-electron chi connectivity index (χ2n) is 5.29. The van der Waals surface area contributed by atoms with Gasteiger partial charge in [-0.05, 0) is 18.9 Å². The predicted octanol–water partition coefficient (Wildman–Crippen LogP) is 1.73. The molecule has 106 valence electrons. The lowest BCUT2D eigenvalue weighted by atomic mass is 10.2. The number of aryl methyl sites for hydroxylation is 1. The molecule has 21 heavy (non-hydrogen) atoms. The van der Waals surface area contributed by atoms with Crippen LogP contribution in [0, 0.1) is 0 Å². The monoisotopic (exact) mass is 283 g/mol. The van der Waals surface area contributed by atoms with Gasteiger partial charge in [-0.2, -0.15) is 10.2 Å². The molecule has 1 aliphatic rings. The Morgan fingerprint density at radius 1 is 1.38 bits per heavy atom. The Kier molecular flexibility index (Phi) is 2.38. The number of hydrogen-bond acceptors (Lipinski definition) is 4. The molecule has 0 spiro atoms. The third-order valence-corrected chi connectivity index (χ3v) is 3.80. The lowest BCUT2D eigenvalue weighted by Crippen LogP contribution is -2.08. The first-order valence-corrected chi connectivity index (χ1v) is 6.75. The quantitative estimate of drug-likeness (QED) is 0.791. The van der Waals surface area contributed by atoms with Crippen molar-refractivity contribution in [2.75, 3.05) is 0 Å². The maximum Gasteiger partial charge on any atom is 0.339 e. The molecule has 1 aliphatic carbocycles. The van der Waals surface area contributed by atoms with Crippen LogP contribution in [-0.4, -0.2) is 35.6 Å². The van der Waals surface area contributed by atoms with Crippen LogP contribution >= 0.6 is 0 Å². The van der Waals surface area contributed by atoms with Gasteiger partial charge < -0.3 is 5.11 Å². The summed E-state index contributed by atoms with van der Waals surface area (Å²) in [6.07, 6.45) is 7.10. The molecule has 0 amide bonds. The number of rotatable bonds is 3. The minimum atomic E-state index is -1.02. The average Bonchev–Trinajstić information content (AvgIpc) is 3.09. The van der Waals surface area contributed by atoms with Gasteiger partial charge in [-0.25, -0.2) is 14.5 Å². The molecule has 1 fully saturated rings. The third kappa shape index (κ3) is 1.81. The van der Waals surface area contributed by atoms with E-state index in [9.17, 15) is 9.90 Å². The van der Waals surface area contributed by atoms with Crippen LogP contribution in [0.15, 0.2) is 24.7 Å². The molecule has 0 aromatic carbocycles. The molecular formula is C14H13N5O2. The standard InChI is InChI=1S/C14H13N5O2/c1-18-13-9(7-16-18)12(10(6-15-13)14(20)21)19-5-4-11(17-19)8-2-3-8/h4-8H,2-3H2,1H3,(H,20,21). The second-order valence-corrected chi connectivity index (χ2v) is 5.29. The molecule has 0 aliphatic heterocycles. The summed E-state index contributed by atoms with van der Waals surface area (Å²) in [5, 5.41) is 18.8. The molecule has 4 rings (SSSR count). The number of carbonyl (C=O) groups is 1. The maximum absolute atomic E-state index is 11.5. The van der Waals surface area contributed by atoms with E-state index in [1.165, 1.54) is 6.20 Å². The molecule has 7 heteroatoms. The highest BCUT2D eigenvalue weighted by molar-refractivity contribution is 5.99. The first-order valence-electron chi connectivity index (χ1n) is 6.75. The van der Waals surface area contributed by atoms with E-state index >= 15 is 0 Å². The molecule has 0 radical (unpaired) electrons. The molecule has 1 N–H and O–H groups in total. The molecule has 3 aromatic heterocycles. The van der Waals surface area contributed by atoms with E-state index in [2.05, 4.69) is 15.2 Å². The van der Waals surface area contributed by atoms with Crippen molar-refractivity contribution in [1.82, 2.24) is 24.5 Å². The average molecular weight is 283 g/mol. The van der Waals surface area contributed by atoms with Crippen molar-refractivity contribution < 1.29 is 9.90 Å². The first kappa shape index (κ1) is 12.1. The van der Waals surface area contributed by atoms with Crippen molar-refractivity contribution in [2.45, 2.75) is 18.8 Å². The fourth-order valence-corrected chi connectivity index (χ4v) is 2.55. The van der Waals surface area contributed by atoms with E-state index in [1.807, 2.05) is 12.3 Å². The lowest BCUT2D eigenvalue weighted by Gasteiger charge is -2.07. The highest BCUT2D eigenvalue weighted by Crippen LogP contribution is 2.39. The highest BCUT2D eigenvalue weighted by atomic mass is 16.4. The van der Waals surface area contributed by atoms with Crippen LogP contribution in [0.25, 0.3) is 16.7 Å². The van der Waals surface area contributed by atoms with Gasteiger partial charge in [-0.15, -0.1) is 0 Å². The van der Waals surface area contributed by atoms with E-state index in [-0.39, 0.29) is 5.56 Å². The van der Waals surface area contributed by atoms with Crippen molar-refractivity contribution >= 4 is 17.0 Å². The van der Waals surface area contributed by atoms with Crippen LogP contribution in [0.5, 0.6) is 0 Å². The molecule has 0 bridgehead atoms. The van der Waals surface area contributed by atoms with Crippen LogP contribution in [0.2, 0.25) is 0 Å². The van der Waals surface area contributed by atoms with E-state index in [1.54, 1.807) is 22.6 Å².